The maximum absolute atomic E-state index is 13.3. The fourth-order valence-corrected chi connectivity index (χ4v) is 5.36. The first-order chi connectivity index (χ1) is 15.5. The second-order valence-electron chi connectivity index (χ2n) is 8.64. The van der Waals surface area contributed by atoms with Gasteiger partial charge in [-0.3, -0.25) is 14.4 Å². The van der Waals surface area contributed by atoms with Crippen LogP contribution < -0.4 is 10.9 Å². The Bertz CT molecular complexity index is 1270. The molecule has 3 aromatic rings. The lowest BCUT2D eigenvalue weighted by atomic mass is 9.83. The van der Waals surface area contributed by atoms with Gasteiger partial charge in [0.2, 0.25) is 5.91 Å². The van der Waals surface area contributed by atoms with Crippen LogP contribution in [-0.4, -0.2) is 46.4 Å². The normalized spacial score (nSPS) is 19.5. The number of carbonyl (C=O) groups excluding carboxylic acids is 2. The Hall–Kier alpha value is -3.06. The van der Waals surface area contributed by atoms with Crippen molar-refractivity contribution in [3.63, 3.8) is 0 Å². The number of aromatic nitrogens is 1. The number of likely N-dealkylation sites (tertiary alicyclic amines) is 1. The zero-order valence-electron chi connectivity index (χ0n) is 17.9. The van der Waals surface area contributed by atoms with Crippen molar-refractivity contribution >= 4 is 40.0 Å². The number of nitrogens with one attached hydrogen (secondary N) is 1. The van der Waals surface area contributed by atoms with Crippen LogP contribution in [0.4, 0.5) is 5.69 Å². The average Bonchev–Trinajstić information content (AvgIpc) is 2.80. The minimum atomic E-state index is -0.168. The van der Waals surface area contributed by atoms with E-state index in [0.717, 1.165) is 22.9 Å². The second kappa shape index (κ2) is 8.47. The molecule has 2 aliphatic heterocycles. The molecule has 1 aromatic heterocycles. The summed E-state index contributed by atoms with van der Waals surface area (Å²) >= 11 is 1.42. The average molecular weight is 448 g/mol. The molecule has 5 rings (SSSR count). The Balaban J connectivity index is 1.39. The van der Waals surface area contributed by atoms with E-state index < -0.39 is 0 Å². The summed E-state index contributed by atoms with van der Waals surface area (Å²) in [6.45, 7) is 1.80. The summed E-state index contributed by atoms with van der Waals surface area (Å²) in [4.78, 5) is 40.2. The van der Waals surface area contributed by atoms with Gasteiger partial charge in [0.05, 0.1) is 5.75 Å². The molecule has 32 heavy (non-hydrogen) atoms. The molecule has 2 aromatic carbocycles. The third kappa shape index (κ3) is 3.81. The van der Waals surface area contributed by atoms with Crippen LogP contribution >= 0.6 is 11.8 Å². The number of carbonyl (C=O) groups is 2. The van der Waals surface area contributed by atoms with Crippen LogP contribution in [0.15, 0.2) is 59.4 Å². The lowest BCUT2D eigenvalue weighted by Gasteiger charge is -2.43. The van der Waals surface area contributed by atoms with E-state index in [-0.39, 0.29) is 29.2 Å². The number of piperidine rings is 1. The fourth-order valence-electron chi connectivity index (χ4n) is 5.03. The number of fused-ring (bicyclic) bond motifs is 5. The number of rotatable bonds is 4. The Morgan fingerprint density at radius 3 is 2.66 bits per heavy atom. The van der Waals surface area contributed by atoms with Crippen molar-refractivity contribution in [2.24, 2.45) is 5.92 Å². The highest BCUT2D eigenvalue weighted by molar-refractivity contribution is 7.99. The van der Waals surface area contributed by atoms with Crippen LogP contribution in [-0.2, 0) is 11.3 Å². The van der Waals surface area contributed by atoms with Crippen LogP contribution in [0.3, 0.4) is 0 Å². The summed E-state index contributed by atoms with van der Waals surface area (Å²) in [5.41, 5.74) is 1.83. The number of benzene rings is 2. The van der Waals surface area contributed by atoms with Gasteiger partial charge >= 0.3 is 0 Å². The Labute approximate surface area is 190 Å². The van der Waals surface area contributed by atoms with E-state index in [9.17, 15) is 14.4 Å². The minimum absolute atomic E-state index is 0.0437. The summed E-state index contributed by atoms with van der Waals surface area (Å²) in [5, 5.41) is 4.91. The molecule has 164 valence electrons. The molecule has 0 spiro atoms. The molecule has 0 unspecified atom stereocenters. The summed E-state index contributed by atoms with van der Waals surface area (Å²) in [5.74, 6) is 0.537. The quantitative estimate of drug-likeness (QED) is 0.664. The van der Waals surface area contributed by atoms with Gasteiger partial charge in [0, 0.05) is 36.8 Å². The molecule has 0 saturated carbocycles. The summed E-state index contributed by atoms with van der Waals surface area (Å²) in [6.07, 6.45) is 2.82. The molecule has 7 heteroatoms. The number of pyridine rings is 1. The van der Waals surface area contributed by atoms with Gasteiger partial charge in [-0.2, -0.15) is 11.8 Å². The molecule has 1 N–H and O–H groups in total. The van der Waals surface area contributed by atoms with Crippen molar-refractivity contribution in [3.05, 3.63) is 76.2 Å². The highest BCUT2D eigenvalue weighted by Crippen LogP contribution is 2.36. The molecule has 2 aliphatic rings. The first kappa shape index (κ1) is 20.8. The van der Waals surface area contributed by atoms with Crippen LogP contribution in [0.25, 0.3) is 10.8 Å². The van der Waals surface area contributed by atoms with Crippen LogP contribution in [0.5, 0.6) is 0 Å². The van der Waals surface area contributed by atoms with Gasteiger partial charge in [0.25, 0.3) is 11.5 Å². The molecule has 1 saturated heterocycles. The molecule has 1 fully saturated rings. The number of anilines is 1. The number of nitrogens with zero attached hydrogens (tertiary/aromatic N) is 2. The fraction of sp³-hybridized carbons (Fsp3) is 0.320. The highest BCUT2D eigenvalue weighted by Gasteiger charge is 2.37. The standard InChI is InChI=1S/C25H25N3O3S/c1-32-15-23(29)26-21-8-9-22-20-10-16(13-28(22)25(21)31)12-27(14-20)24(30)19-7-6-17-4-2-3-5-18(17)11-19/h2-9,11,16,20H,10,12-15H2,1H3,(H,26,29)/t16-,20+/m0/s1. The molecular weight excluding hydrogens is 422 g/mol. The maximum atomic E-state index is 13.3. The van der Waals surface area contributed by atoms with E-state index in [1.165, 1.54) is 11.8 Å². The molecular formula is C25H25N3O3S. The predicted octanol–water partition coefficient (Wildman–Crippen LogP) is 3.56. The third-order valence-corrected chi connectivity index (χ3v) is 6.99. The van der Waals surface area contributed by atoms with Crippen molar-refractivity contribution in [1.29, 1.82) is 0 Å². The number of hydrogen-bond acceptors (Lipinski definition) is 4. The molecule has 0 radical (unpaired) electrons. The SMILES string of the molecule is CSCC(=O)Nc1ccc2n(c1=O)C[C@H]1C[C@@H]2CN(C(=O)c2ccc3ccccc3c2)C1. The summed E-state index contributed by atoms with van der Waals surface area (Å²) < 4.78 is 1.80. The zero-order valence-corrected chi connectivity index (χ0v) is 18.7. The number of thioether (sulfide) groups is 1. The minimum Gasteiger partial charge on any atom is -0.338 e. The van der Waals surface area contributed by atoms with Crippen molar-refractivity contribution in [2.75, 3.05) is 30.4 Å². The zero-order chi connectivity index (χ0) is 22.2. The van der Waals surface area contributed by atoms with E-state index in [1.807, 2.05) is 59.7 Å². The van der Waals surface area contributed by atoms with Crippen molar-refractivity contribution in [2.45, 2.75) is 18.9 Å². The van der Waals surface area contributed by atoms with E-state index in [4.69, 9.17) is 0 Å². The van der Waals surface area contributed by atoms with Crippen LogP contribution in [0.1, 0.15) is 28.4 Å². The second-order valence-corrected chi connectivity index (χ2v) is 9.51. The first-order valence-corrected chi connectivity index (χ1v) is 12.2. The number of amides is 2. The first-order valence-electron chi connectivity index (χ1n) is 10.8. The summed E-state index contributed by atoms with van der Waals surface area (Å²) in [6, 6.07) is 17.5. The smallest absolute Gasteiger partial charge is 0.274 e. The van der Waals surface area contributed by atoms with E-state index in [2.05, 4.69) is 5.32 Å². The molecule has 6 nitrogen and oxygen atoms in total. The number of hydrogen-bond donors (Lipinski definition) is 1. The monoisotopic (exact) mass is 447 g/mol. The van der Waals surface area contributed by atoms with Crippen molar-refractivity contribution < 1.29 is 9.59 Å². The van der Waals surface area contributed by atoms with Gasteiger partial charge in [-0.25, -0.2) is 0 Å². The molecule has 2 amide bonds. The highest BCUT2D eigenvalue weighted by atomic mass is 32.2. The maximum Gasteiger partial charge on any atom is 0.274 e. The lowest BCUT2D eigenvalue weighted by molar-refractivity contribution is -0.113. The molecule has 2 bridgehead atoms. The molecule has 0 aliphatic carbocycles. The largest absolute Gasteiger partial charge is 0.338 e. The van der Waals surface area contributed by atoms with Gasteiger partial charge in [-0.05, 0) is 53.6 Å². The molecule has 2 atom stereocenters. The lowest BCUT2D eigenvalue weighted by Crippen LogP contribution is -2.49. The van der Waals surface area contributed by atoms with Crippen LogP contribution in [0.2, 0.25) is 0 Å². The topological polar surface area (TPSA) is 71.4 Å². The van der Waals surface area contributed by atoms with Gasteiger partial charge in [-0.1, -0.05) is 30.3 Å². The van der Waals surface area contributed by atoms with E-state index in [1.54, 1.807) is 10.6 Å². The van der Waals surface area contributed by atoms with Crippen molar-refractivity contribution in [3.8, 4) is 0 Å². The Morgan fingerprint density at radius 1 is 1.03 bits per heavy atom. The van der Waals surface area contributed by atoms with Gasteiger partial charge in [0.1, 0.15) is 5.69 Å². The summed E-state index contributed by atoms with van der Waals surface area (Å²) in [7, 11) is 0. The Morgan fingerprint density at radius 2 is 1.84 bits per heavy atom. The van der Waals surface area contributed by atoms with E-state index >= 15 is 0 Å². The Kier molecular flexibility index (Phi) is 5.51. The van der Waals surface area contributed by atoms with Crippen molar-refractivity contribution in [1.82, 2.24) is 9.47 Å². The molecule has 3 heterocycles. The predicted molar refractivity (Wildman–Crippen MR) is 128 cm³/mol. The van der Waals surface area contributed by atoms with Gasteiger partial charge in [0.15, 0.2) is 0 Å². The third-order valence-electron chi connectivity index (χ3n) is 6.44. The van der Waals surface area contributed by atoms with Gasteiger partial charge in [-0.15, -0.1) is 0 Å². The van der Waals surface area contributed by atoms with Gasteiger partial charge < -0.3 is 14.8 Å². The van der Waals surface area contributed by atoms with Crippen LogP contribution in [0, 0.1) is 5.92 Å². The van der Waals surface area contributed by atoms with E-state index in [0.29, 0.717) is 36.6 Å².